The van der Waals surface area contributed by atoms with Gasteiger partial charge >= 0.3 is 16.1 Å². The van der Waals surface area contributed by atoms with Crippen molar-refractivity contribution in [3.63, 3.8) is 0 Å². The van der Waals surface area contributed by atoms with Gasteiger partial charge in [-0.05, 0) is 31.2 Å². The van der Waals surface area contributed by atoms with Crippen LogP contribution in [0.2, 0.25) is 5.02 Å². The minimum Gasteiger partial charge on any atom is -0.478 e. The van der Waals surface area contributed by atoms with Crippen molar-refractivity contribution in [2.45, 2.75) is 11.8 Å². The standard InChI is InChI=1S/C14H11ClO5S/c1-9-5-7-10(8-6-9)21(18,19)20-13-11(14(16)17)3-2-4-12(13)15/h2-8H,1H3,(H,16,17). The van der Waals surface area contributed by atoms with E-state index in [1.165, 1.54) is 30.3 Å². The summed E-state index contributed by atoms with van der Waals surface area (Å²) in [7, 11) is -4.16. The molecule has 0 atom stereocenters. The first-order chi connectivity index (χ1) is 9.81. The molecule has 0 heterocycles. The zero-order valence-electron chi connectivity index (χ0n) is 10.9. The molecule has 0 fully saturated rings. The molecular weight excluding hydrogens is 316 g/mol. The van der Waals surface area contributed by atoms with Crippen LogP contribution in [0.1, 0.15) is 15.9 Å². The number of carboxylic acid groups (broad SMARTS) is 1. The van der Waals surface area contributed by atoms with Gasteiger partial charge in [0.05, 0.1) is 5.02 Å². The molecule has 0 saturated carbocycles. The fourth-order valence-electron chi connectivity index (χ4n) is 1.62. The van der Waals surface area contributed by atoms with Crippen molar-refractivity contribution in [1.29, 1.82) is 0 Å². The maximum Gasteiger partial charge on any atom is 0.339 e. The Hall–Kier alpha value is -2.05. The predicted octanol–water partition coefficient (Wildman–Crippen LogP) is 3.11. The van der Waals surface area contributed by atoms with E-state index in [4.69, 9.17) is 20.9 Å². The maximum absolute atomic E-state index is 12.2. The number of rotatable bonds is 4. The average Bonchev–Trinajstić information content (AvgIpc) is 2.41. The number of carbonyl (C=O) groups is 1. The Bertz CT molecular complexity index is 782. The topological polar surface area (TPSA) is 80.7 Å². The molecule has 21 heavy (non-hydrogen) atoms. The van der Waals surface area contributed by atoms with E-state index in [1.807, 2.05) is 6.92 Å². The Kier molecular flexibility index (Phi) is 4.20. The molecule has 0 unspecified atom stereocenters. The second-order valence-corrected chi connectivity index (χ2v) is 6.23. The van der Waals surface area contributed by atoms with E-state index in [0.29, 0.717) is 0 Å². The van der Waals surface area contributed by atoms with E-state index < -0.39 is 21.8 Å². The van der Waals surface area contributed by atoms with Crippen LogP contribution in [-0.4, -0.2) is 19.5 Å². The van der Waals surface area contributed by atoms with E-state index in [2.05, 4.69) is 0 Å². The highest BCUT2D eigenvalue weighted by atomic mass is 35.5. The fraction of sp³-hybridized carbons (Fsp3) is 0.0714. The number of halogens is 1. The lowest BCUT2D eigenvalue weighted by Gasteiger charge is -2.11. The van der Waals surface area contributed by atoms with E-state index in [9.17, 15) is 13.2 Å². The zero-order chi connectivity index (χ0) is 15.6. The molecule has 0 bridgehead atoms. The van der Waals surface area contributed by atoms with Crippen molar-refractivity contribution in [2.24, 2.45) is 0 Å². The van der Waals surface area contributed by atoms with Gasteiger partial charge in [0.1, 0.15) is 10.5 Å². The molecule has 7 heteroatoms. The van der Waals surface area contributed by atoms with Gasteiger partial charge in [0, 0.05) is 0 Å². The van der Waals surface area contributed by atoms with Crippen LogP contribution in [0.25, 0.3) is 0 Å². The highest BCUT2D eigenvalue weighted by Gasteiger charge is 2.23. The maximum atomic E-state index is 12.2. The van der Waals surface area contributed by atoms with Gasteiger partial charge in [0.25, 0.3) is 0 Å². The summed E-state index contributed by atoms with van der Waals surface area (Å²) >= 11 is 5.84. The average molecular weight is 327 g/mol. The van der Waals surface area contributed by atoms with Gasteiger partial charge in [-0.1, -0.05) is 35.4 Å². The minimum absolute atomic E-state index is 0.0793. The van der Waals surface area contributed by atoms with E-state index in [0.717, 1.165) is 5.56 Å². The summed E-state index contributed by atoms with van der Waals surface area (Å²) in [6.07, 6.45) is 0. The molecule has 0 spiro atoms. The Balaban J connectivity index is 2.46. The Labute approximate surface area is 126 Å². The van der Waals surface area contributed by atoms with E-state index >= 15 is 0 Å². The molecule has 0 radical (unpaired) electrons. The largest absolute Gasteiger partial charge is 0.478 e. The molecule has 0 aliphatic rings. The summed E-state index contributed by atoms with van der Waals surface area (Å²) in [5.41, 5.74) is 0.566. The van der Waals surface area contributed by atoms with Gasteiger partial charge in [-0.3, -0.25) is 0 Å². The summed E-state index contributed by atoms with van der Waals surface area (Å²) in [6, 6.07) is 9.95. The lowest BCUT2D eigenvalue weighted by atomic mass is 10.2. The van der Waals surface area contributed by atoms with Crippen LogP contribution in [0.15, 0.2) is 47.4 Å². The second-order valence-electron chi connectivity index (χ2n) is 4.27. The van der Waals surface area contributed by atoms with Gasteiger partial charge in [0.2, 0.25) is 0 Å². The zero-order valence-corrected chi connectivity index (χ0v) is 12.5. The molecule has 0 amide bonds. The lowest BCUT2D eigenvalue weighted by molar-refractivity contribution is 0.0695. The molecule has 0 aliphatic carbocycles. The van der Waals surface area contributed by atoms with Crippen molar-refractivity contribution >= 4 is 27.7 Å². The number of carboxylic acids is 1. The summed E-state index contributed by atoms with van der Waals surface area (Å²) < 4.78 is 29.2. The monoisotopic (exact) mass is 326 g/mol. The van der Waals surface area contributed by atoms with Gasteiger partial charge in [-0.25, -0.2) is 4.79 Å². The van der Waals surface area contributed by atoms with Crippen molar-refractivity contribution in [3.05, 3.63) is 58.6 Å². The van der Waals surface area contributed by atoms with Gasteiger partial charge < -0.3 is 9.29 Å². The third-order valence-electron chi connectivity index (χ3n) is 2.70. The third kappa shape index (κ3) is 3.34. The molecule has 1 N–H and O–H groups in total. The summed E-state index contributed by atoms with van der Waals surface area (Å²) in [5.74, 6) is -1.72. The molecule has 110 valence electrons. The summed E-state index contributed by atoms with van der Waals surface area (Å²) in [6.45, 7) is 1.81. The van der Waals surface area contributed by atoms with Crippen molar-refractivity contribution in [3.8, 4) is 5.75 Å². The predicted molar refractivity (Wildman–Crippen MR) is 77.4 cm³/mol. The highest BCUT2D eigenvalue weighted by molar-refractivity contribution is 7.87. The molecule has 2 aromatic carbocycles. The Morgan fingerprint density at radius 1 is 1.14 bits per heavy atom. The molecule has 5 nitrogen and oxygen atoms in total. The van der Waals surface area contributed by atoms with Crippen molar-refractivity contribution < 1.29 is 22.5 Å². The number of aromatic carboxylic acids is 1. The van der Waals surface area contributed by atoms with Crippen LogP contribution in [0.3, 0.4) is 0 Å². The molecule has 2 rings (SSSR count). The third-order valence-corrected chi connectivity index (χ3v) is 4.23. The lowest BCUT2D eigenvalue weighted by Crippen LogP contribution is -2.12. The first kappa shape index (κ1) is 15.3. The number of benzene rings is 2. The second kappa shape index (κ2) is 5.75. The Morgan fingerprint density at radius 2 is 1.76 bits per heavy atom. The quantitative estimate of drug-likeness (QED) is 0.873. The smallest absolute Gasteiger partial charge is 0.339 e. The number of para-hydroxylation sites is 1. The first-order valence-electron chi connectivity index (χ1n) is 5.84. The van der Waals surface area contributed by atoms with E-state index in [1.54, 1.807) is 12.1 Å². The molecule has 0 aliphatic heterocycles. The van der Waals surface area contributed by atoms with Crippen LogP contribution >= 0.6 is 11.6 Å². The normalized spacial score (nSPS) is 11.1. The number of hydrogen-bond acceptors (Lipinski definition) is 4. The van der Waals surface area contributed by atoms with Crippen molar-refractivity contribution in [2.75, 3.05) is 0 Å². The minimum atomic E-state index is -4.16. The fourth-order valence-corrected chi connectivity index (χ4v) is 2.85. The summed E-state index contributed by atoms with van der Waals surface area (Å²) in [4.78, 5) is 11.0. The van der Waals surface area contributed by atoms with Gasteiger partial charge in [-0.2, -0.15) is 8.42 Å². The summed E-state index contributed by atoms with van der Waals surface area (Å²) in [5, 5.41) is 8.97. The van der Waals surface area contributed by atoms with Gasteiger partial charge in [-0.15, -0.1) is 0 Å². The first-order valence-corrected chi connectivity index (χ1v) is 7.63. The molecule has 2 aromatic rings. The van der Waals surface area contributed by atoms with Crippen molar-refractivity contribution in [1.82, 2.24) is 0 Å². The van der Waals surface area contributed by atoms with Crippen LogP contribution in [0, 0.1) is 6.92 Å². The van der Waals surface area contributed by atoms with Crippen LogP contribution < -0.4 is 4.18 Å². The number of hydrogen-bond donors (Lipinski definition) is 1. The van der Waals surface area contributed by atoms with Gasteiger partial charge in [0.15, 0.2) is 5.75 Å². The van der Waals surface area contributed by atoms with Crippen LogP contribution in [-0.2, 0) is 10.1 Å². The molecule has 0 saturated heterocycles. The van der Waals surface area contributed by atoms with E-state index in [-0.39, 0.29) is 15.5 Å². The SMILES string of the molecule is Cc1ccc(S(=O)(=O)Oc2c(Cl)cccc2C(=O)O)cc1. The van der Waals surface area contributed by atoms with Crippen LogP contribution in [0.4, 0.5) is 0 Å². The molecule has 0 aromatic heterocycles. The Morgan fingerprint density at radius 3 is 2.33 bits per heavy atom. The highest BCUT2D eigenvalue weighted by Crippen LogP contribution is 2.31. The molecular formula is C14H11ClO5S. The van der Waals surface area contributed by atoms with Crippen LogP contribution in [0.5, 0.6) is 5.75 Å². The number of aryl methyl sites for hydroxylation is 1.